The molecule has 2 rings (SSSR count). The summed E-state index contributed by atoms with van der Waals surface area (Å²) in [5, 5.41) is 0.630. The number of hydrogen-bond donors (Lipinski definition) is 1. The topological polar surface area (TPSA) is 46.3 Å². The van der Waals surface area contributed by atoms with Gasteiger partial charge in [0.25, 0.3) is 5.91 Å². The Balaban J connectivity index is 0.00000162. The van der Waals surface area contributed by atoms with E-state index in [1.807, 2.05) is 17.0 Å². The molecule has 0 aromatic heterocycles. The van der Waals surface area contributed by atoms with Gasteiger partial charge in [0.15, 0.2) is 0 Å². The molecule has 1 heterocycles. The number of piperidine rings is 1. The van der Waals surface area contributed by atoms with E-state index in [2.05, 4.69) is 22.6 Å². The predicted molar refractivity (Wildman–Crippen MR) is 84.5 cm³/mol. The lowest BCUT2D eigenvalue weighted by molar-refractivity contribution is 0.0715. The SMILES string of the molecule is Cl.NC1CCN(C(=O)c2ccc(I)c(Cl)c2)CC1. The Bertz CT molecular complexity index is 434. The minimum atomic E-state index is 0. The Kier molecular flexibility index (Phi) is 6.17. The first kappa shape index (κ1) is 16.0. The van der Waals surface area contributed by atoms with Crippen LogP contribution in [0.4, 0.5) is 0 Å². The van der Waals surface area contributed by atoms with Crippen LogP contribution in [0.25, 0.3) is 0 Å². The maximum atomic E-state index is 12.2. The largest absolute Gasteiger partial charge is 0.339 e. The van der Waals surface area contributed by atoms with Crippen molar-refractivity contribution in [3.8, 4) is 0 Å². The molecule has 0 atom stereocenters. The molecule has 0 aliphatic carbocycles. The standard InChI is InChI=1S/C12H14ClIN2O.ClH/c13-10-7-8(1-2-11(10)14)12(17)16-5-3-9(15)4-6-16;/h1-2,7,9H,3-6,15H2;1H. The monoisotopic (exact) mass is 400 g/mol. The highest BCUT2D eigenvalue weighted by atomic mass is 127. The lowest BCUT2D eigenvalue weighted by Gasteiger charge is -2.30. The molecular formula is C12H15Cl2IN2O. The van der Waals surface area contributed by atoms with Crippen LogP contribution in [0.3, 0.4) is 0 Å². The summed E-state index contributed by atoms with van der Waals surface area (Å²) in [6.07, 6.45) is 1.76. The van der Waals surface area contributed by atoms with Gasteiger partial charge in [-0.25, -0.2) is 0 Å². The zero-order chi connectivity index (χ0) is 12.4. The second-order valence-corrected chi connectivity index (χ2v) is 5.83. The summed E-state index contributed by atoms with van der Waals surface area (Å²) in [7, 11) is 0. The number of carbonyl (C=O) groups excluding carboxylic acids is 1. The number of likely N-dealkylation sites (tertiary alicyclic amines) is 1. The van der Waals surface area contributed by atoms with Crippen molar-refractivity contribution < 1.29 is 4.79 Å². The maximum absolute atomic E-state index is 12.2. The minimum Gasteiger partial charge on any atom is -0.339 e. The molecule has 0 unspecified atom stereocenters. The summed E-state index contributed by atoms with van der Waals surface area (Å²) < 4.78 is 0.960. The van der Waals surface area contributed by atoms with Crippen LogP contribution in [-0.2, 0) is 0 Å². The third kappa shape index (κ3) is 3.73. The molecule has 6 heteroatoms. The summed E-state index contributed by atoms with van der Waals surface area (Å²) >= 11 is 8.17. The molecule has 0 bridgehead atoms. The molecule has 1 aromatic carbocycles. The smallest absolute Gasteiger partial charge is 0.253 e. The Hall–Kier alpha value is -0.0400. The Morgan fingerprint density at radius 3 is 2.56 bits per heavy atom. The maximum Gasteiger partial charge on any atom is 0.253 e. The average molecular weight is 401 g/mol. The Labute approximate surface area is 132 Å². The van der Waals surface area contributed by atoms with Gasteiger partial charge in [0.05, 0.1) is 5.02 Å². The van der Waals surface area contributed by atoms with Crippen LogP contribution >= 0.6 is 46.6 Å². The Morgan fingerprint density at radius 2 is 2.00 bits per heavy atom. The second-order valence-electron chi connectivity index (χ2n) is 4.26. The highest BCUT2D eigenvalue weighted by molar-refractivity contribution is 14.1. The van der Waals surface area contributed by atoms with Gasteiger partial charge in [0.1, 0.15) is 0 Å². The van der Waals surface area contributed by atoms with Gasteiger partial charge in [-0.2, -0.15) is 0 Å². The van der Waals surface area contributed by atoms with Crippen molar-refractivity contribution in [3.63, 3.8) is 0 Å². The summed E-state index contributed by atoms with van der Waals surface area (Å²) in [6.45, 7) is 1.48. The van der Waals surface area contributed by atoms with Crippen LogP contribution in [0.1, 0.15) is 23.2 Å². The van der Waals surface area contributed by atoms with Crippen molar-refractivity contribution in [2.45, 2.75) is 18.9 Å². The fourth-order valence-electron chi connectivity index (χ4n) is 1.91. The lowest BCUT2D eigenvalue weighted by atomic mass is 10.1. The molecule has 1 amide bonds. The van der Waals surface area contributed by atoms with E-state index in [-0.39, 0.29) is 24.4 Å². The molecule has 1 saturated heterocycles. The number of rotatable bonds is 1. The number of halogens is 3. The van der Waals surface area contributed by atoms with Crippen molar-refractivity contribution >= 4 is 52.5 Å². The van der Waals surface area contributed by atoms with Crippen LogP contribution < -0.4 is 5.73 Å². The third-order valence-electron chi connectivity index (χ3n) is 2.99. The van der Waals surface area contributed by atoms with E-state index >= 15 is 0 Å². The molecule has 0 radical (unpaired) electrons. The number of amides is 1. The number of carbonyl (C=O) groups is 1. The normalized spacial score (nSPS) is 16.3. The fourth-order valence-corrected chi connectivity index (χ4v) is 2.43. The molecule has 18 heavy (non-hydrogen) atoms. The van der Waals surface area contributed by atoms with Gasteiger partial charge in [-0.1, -0.05) is 11.6 Å². The van der Waals surface area contributed by atoms with E-state index in [1.165, 1.54) is 0 Å². The molecule has 0 saturated carbocycles. The van der Waals surface area contributed by atoms with Crippen molar-refractivity contribution in [2.75, 3.05) is 13.1 Å². The summed E-state index contributed by atoms with van der Waals surface area (Å²) in [5.74, 6) is 0.0511. The second kappa shape index (κ2) is 6.93. The molecule has 2 N–H and O–H groups in total. The van der Waals surface area contributed by atoms with E-state index in [9.17, 15) is 4.79 Å². The van der Waals surface area contributed by atoms with Gasteiger partial charge < -0.3 is 10.6 Å². The minimum absolute atomic E-state index is 0. The van der Waals surface area contributed by atoms with E-state index in [1.54, 1.807) is 6.07 Å². The quantitative estimate of drug-likeness (QED) is 0.736. The summed E-state index contributed by atoms with van der Waals surface area (Å²) in [4.78, 5) is 14.0. The zero-order valence-corrected chi connectivity index (χ0v) is 13.5. The first-order valence-electron chi connectivity index (χ1n) is 5.58. The van der Waals surface area contributed by atoms with Crippen LogP contribution in [-0.4, -0.2) is 29.9 Å². The van der Waals surface area contributed by atoms with Crippen molar-refractivity contribution in [1.82, 2.24) is 4.90 Å². The lowest BCUT2D eigenvalue weighted by Crippen LogP contribution is -2.42. The molecular weight excluding hydrogens is 386 g/mol. The summed E-state index contributed by atoms with van der Waals surface area (Å²) in [5.41, 5.74) is 6.48. The van der Waals surface area contributed by atoms with Gasteiger partial charge in [0.2, 0.25) is 0 Å². The first-order valence-corrected chi connectivity index (χ1v) is 7.03. The summed E-state index contributed by atoms with van der Waals surface area (Å²) in [6, 6.07) is 5.66. The van der Waals surface area contributed by atoms with Crippen molar-refractivity contribution in [1.29, 1.82) is 0 Å². The molecule has 1 aliphatic heterocycles. The van der Waals surface area contributed by atoms with Gasteiger partial charge in [0, 0.05) is 28.3 Å². The van der Waals surface area contributed by atoms with Gasteiger partial charge in [-0.05, 0) is 53.6 Å². The van der Waals surface area contributed by atoms with E-state index in [0.717, 1.165) is 29.5 Å². The van der Waals surface area contributed by atoms with E-state index in [4.69, 9.17) is 17.3 Å². The van der Waals surface area contributed by atoms with E-state index < -0.39 is 0 Å². The molecule has 100 valence electrons. The molecule has 3 nitrogen and oxygen atoms in total. The Morgan fingerprint density at radius 1 is 1.39 bits per heavy atom. The number of nitrogens with two attached hydrogens (primary N) is 1. The van der Waals surface area contributed by atoms with Gasteiger partial charge >= 0.3 is 0 Å². The average Bonchev–Trinajstić information content (AvgIpc) is 2.33. The highest BCUT2D eigenvalue weighted by Gasteiger charge is 2.21. The third-order valence-corrected chi connectivity index (χ3v) is 4.57. The van der Waals surface area contributed by atoms with Gasteiger partial charge in [-0.3, -0.25) is 4.79 Å². The fraction of sp³-hybridized carbons (Fsp3) is 0.417. The van der Waals surface area contributed by atoms with Crippen LogP contribution in [0.15, 0.2) is 18.2 Å². The highest BCUT2D eigenvalue weighted by Crippen LogP contribution is 2.21. The van der Waals surface area contributed by atoms with Crippen LogP contribution in [0.5, 0.6) is 0 Å². The number of nitrogens with zero attached hydrogens (tertiary/aromatic N) is 1. The van der Waals surface area contributed by atoms with Crippen molar-refractivity contribution in [2.24, 2.45) is 5.73 Å². The molecule has 0 spiro atoms. The van der Waals surface area contributed by atoms with Gasteiger partial charge in [-0.15, -0.1) is 12.4 Å². The number of hydrogen-bond acceptors (Lipinski definition) is 2. The first-order chi connectivity index (χ1) is 8.08. The van der Waals surface area contributed by atoms with Crippen LogP contribution in [0, 0.1) is 3.57 Å². The van der Waals surface area contributed by atoms with Crippen LogP contribution in [0.2, 0.25) is 5.02 Å². The molecule has 1 fully saturated rings. The molecule has 1 aliphatic rings. The molecule has 1 aromatic rings. The van der Waals surface area contributed by atoms with Crippen molar-refractivity contribution in [3.05, 3.63) is 32.4 Å². The zero-order valence-electron chi connectivity index (χ0n) is 9.73. The predicted octanol–water partition coefficient (Wildman–Crippen LogP) is 2.93. The van der Waals surface area contributed by atoms with E-state index in [0.29, 0.717) is 10.6 Å². The number of benzene rings is 1.